The molecular formula is C64H46N2Si. The fourth-order valence-electron chi connectivity index (χ4n) is 10.5. The van der Waals surface area contributed by atoms with Gasteiger partial charge >= 0.3 is 0 Å². The highest BCUT2D eigenvalue weighted by Gasteiger charge is 2.41. The van der Waals surface area contributed by atoms with E-state index in [0.717, 1.165) is 28.3 Å². The number of nitrogens with zero attached hydrogens (tertiary/aromatic N) is 2. The number of para-hydroxylation sites is 2. The highest BCUT2D eigenvalue weighted by Crippen LogP contribution is 2.42. The van der Waals surface area contributed by atoms with E-state index in [1.165, 1.54) is 70.0 Å². The summed E-state index contributed by atoms with van der Waals surface area (Å²) in [5.74, 6) is 0. The zero-order valence-corrected chi connectivity index (χ0v) is 38.0. The van der Waals surface area contributed by atoms with Crippen LogP contribution in [0.15, 0.2) is 279 Å². The minimum absolute atomic E-state index is 1.09. The van der Waals surface area contributed by atoms with Crippen LogP contribution in [0.1, 0.15) is 0 Å². The van der Waals surface area contributed by atoms with E-state index in [9.17, 15) is 0 Å². The van der Waals surface area contributed by atoms with Crippen molar-refractivity contribution in [1.29, 1.82) is 0 Å². The van der Waals surface area contributed by atoms with Crippen LogP contribution < -0.4 is 25.6 Å². The van der Waals surface area contributed by atoms with Gasteiger partial charge in [0.1, 0.15) is 0 Å². The molecule has 0 fully saturated rings. The number of rotatable bonds is 10. The average Bonchev–Trinajstić information content (AvgIpc) is 3.75. The normalized spacial score (nSPS) is 11.6. The Hall–Kier alpha value is -8.50. The molecule has 0 N–H and O–H groups in total. The van der Waals surface area contributed by atoms with Gasteiger partial charge in [-0.25, -0.2) is 0 Å². The quantitative estimate of drug-likeness (QED) is 0.0982. The maximum Gasteiger partial charge on any atom is 0.179 e. The first-order valence-electron chi connectivity index (χ1n) is 23.1. The molecule has 0 aliphatic heterocycles. The molecule has 0 unspecified atom stereocenters. The van der Waals surface area contributed by atoms with E-state index in [1.807, 2.05) is 0 Å². The largest absolute Gasteiger partial charge is 0.310 e. The van der Waals surface area contributed by atoms with E-state index in [0.29, 0.717) is 0 Å². The zero-order chi connectivity index (χ0) is 44.6. The van der Waals surface area contributed by atoms with Gasteiger partial charge in [0.2, 0.25) is 0 Å². The van der Waals surface area contributed by atoms with E-state index in [2.05, 4.69) is 289 Å². The summed E-state index contributed by atoms with van der Waals surface area (Å²) in [7, 11) is -2.74. The molecule has 0 saturated heterocycles. The first kappa shape index (κ1) is 40.0. The summed E-state index contributed by atoms with van der Waals surface area (Å²) >= 11 is 0. The van der Waals surface area contributed by atoms with Crippen LogP contribution in [0, 0.1) is 0 Å². The number of anilines is 3. The molecule has 67 heavy (non-hydrogen) atoms. The van der Waals surface area contributed by atoms with Crippen molar-refractivity contribution >= 4 is 78.5 Å². The Labute approximate surface area is 392 Å². The van der Waals surface area contributed by atoms with E-state index in [1.54, 1.807) is 0 Å². The fourth-order valence-corrected chi connectivity index (χ4v) is 15.2. The fraction of sp³-hybridized carbons (Fsp3) is 0. The SMILES string of the molecule is c1ccc(-c2ccc3ccc(N(c4ccc([Si](c5ccccc5)(c5ccccc5)c5ccccc5)cc4)c4cccc(-c5cccc6c5c5ccccc5n6-c5ccccc5)c4)cc3c2)cc1. The van der Waals surface area contributed by atoms with Crippen molar-refractivity contribution in [1.82, 2.24) is 4.57 Å². The second kappa shape index (κ2) is 17.1. The van der Waals surface area contributed by atoms with Crippen molar-refractivity contribution in [3.8, 4) is 27.9 Å². The molecule has 12 aromatic rings. The lowest BCUT2D eigenvalue weighted by Gasteiger charge is -2.35. The lowest BCUT2D eigenvalue weighted by Crippen LogP contribution is -2.74. The second-order valence-electron chi connectivity index (χ2n) is 17.3. The Bertz CT molecular complexity index is 3570. The molecule has 1 aromatic heterocycles. The van der Waals surface area contributed by atoms with Crippen LogP contribution in [0.25, 0.3) is 60.5 Å². The summed E-state index contributed by atoms with van der Waals surface area (Å²) in [6.45, 7) is 0. The van der Waals surface area contributed by atoms with E-state index >= 15 is 0 Å². The number of hydrogen-bond donors (Lipinski definition) is 0. The van der Waals surface area contributed by atoms with Crippen molar-refractivity contribution < 1.29 is 0 Å². The summed E-state index contributed by atoms with van der Waals surface area (Å²) in [4.78, 5) is 2.44. The highest BCUT2D eigenvalue weighted by atomic mass is 28.3. The van der Waals surface area contributed by atoms with Gasteiger partial charge in [-0.05, 0) is 121 Å². The maximum absolute atomic E-state index is 2.74. The molecule has 316 valence electrons. The van der Waals surface area contributed by atoms with Gasteiger partial charge in [-0.15, -0.1) is 0 Å². The predicted molar refractivity (Wildman–Crippen MR) is 287 cm³/mol. The van der Waals surface area contributed by atoms with E-state index in [-0.39, 0.29) is 0 Å². The molecule has 12 rings (SSSR count). The number of hydrogen-bond acceptors (Lipinski definition) is 1. The third-order valence-electron chi connectivity index (χ3n) is 13.5. The van der Waals surface area contributed by atoms with Gasteiger partial charge in [0.25, 0.3) is 0 Å². The Morgan fingerprint density at radius 2 is 0.806 bits per heavy atom. The molecule has 0 radical (unpaired) electrons. The van der Waals surface area contributed by atoms with Gasteiger partial charge in [-0.1, -0.05) is 212 Å². The lowest BCUT2D eigenvalue weighted by molar-refractivity contribution is 1.18. The molecule has 0 aliphatic rings. The van der Waals surface area contributed by atoms with Crippen LogP contribution in [0.2, 0.25) is 0 Å². The summed E-state index contributed by atoms with van der Waals surface area (Å²) in [5, 5.41) is 10.3. The minimum Gasteiger partial charge on any atom is -0.310 e. The monoisotopic (exact) mass is 870 g/mol. The third kappa shape index (κ3) is 7.05. The van der Waals surface area contributed by atoms with Crippen molar-refractivity contribution in [2.45, 2.75) is 0 Å². The van der Waals surface area contributed by atoms with Gasteiger partial charge in [0.15, 0.2) is 8.07 Å². The number of fused-ring (bicyclic) bond motifs is 4. The Morgan fingerprint density at radius 1 is 0.299 bits per heavy atom. The Balaban J connectivity index is 1.05. The topological polar surface area (TPSA) is 8.17 Å². The lowest BCUT2D eigenvalue weighted by atomic mass is 9.98. The molecule has 0 atom stereocenters. The van der Waals surface area contributed by atoms with Gasteiger partial charge < -0.3 is 9.47 Å². The molecule has 0 saturated carbocycles. The molecule has 0 bridgehead atoms. The zero-order valence-electron chi connectivity index (χ0n) is 37.0. The van der Waals surface area contributed by atoms with Crippen LogP contribution in [0.3, 0.4) is 0 Å². The second-order valence-corrected chi connectivity index (χ2v) is 21.1. The Morgan fingerprint density at radius 3 is 1.48 bits per heavy atom. The molecule has 0 spiro atoms. The summed E-state index contributed by atoms with van der Waals surface area (Å²) < 4.78 is 2.40. The molecule has 2 nitrogen and oxygen atoms in total. The smallest absolute Gasteiger partial charge is 0.179 e. The van der Waals surface area contributed by atoms with Crippen molar-refractivity contribution in [3.05, 3.63) is 279 Å². The average molecular weight is 871 g/mol. The van der Waals surface area contributed by atoms with Gasteiger partial charge in [0.05, 0.1) is 11.0 Å². The maximum atomic E-state index is 2.44. The van der Waals surface area contributed by atoms with Crippen LogP contribution in [0.4, 0.5) is 17.1 Å². The number of aromatic nitrogens is 1. The van der Waals surface area contributed by atoms with Crippen molar-refractivity contribution in [3.63, 3.8) is 0 Å². The number of benzene rings is 11. The third-order valence-corrected chi connectivity index (χ3v) is 18.3. The standard InChI is InChI=1S/C64H46N2Si/c1-6-20-47(21-7-1)49-37-36-48-38-39-55(46-51(48)44-49)65(53-40-42-59(43-41-53)67(56-26-10-3-11-27-56,57-28-12-4-13-29-57)58-30-14-5-15-31-58)54-25-18-22-50(45-54)60-33-19-35-63-64(60)61-32-16-17-34-62(61)66(63)52-23-8-2-9-24-52/h1-46H. The summed E-state index contributed by atoms with van der Waals surface area (Å²) in [6.07, 6.45) is 0. The van der Waals surface area contributed by atoms with Crippen molar-refractivity contribution in [2.75, 3.05) is 4.90 Å². The molecule has 3 heteroatoms. The predicted octanol–water partition coefficient (Wildman–Crippen LogP) is 14.1. The van der Waals surface area contributed by atoms with Gasteiger partial charge in [0, 0.05) is 33.5 Å². The van der Waals surface area contributed by atoms with Crippen molar-refractivity contribution in [2.24, 2.45) is 0 Å². The molecular weight excluding hydrogens is 825 g/mol. The van der Waals surface area contributed by atoms with Gasteiger partial charge in [-0.3, -0.25) is 0 Å². The highest BCUT2D eigenvalue weighted by molar-refractivity contribution is 7.19. The summed E-state index contributed by atoms with van der Waals surface area (Å²) in [6, 6.07) is 103. The Kier molecular flexibility index (Phi) is 10.2. The summed E-state index contributed by atoms with van der Waals surface area (Å²) in [5.41, 5.74) is 11.6. The minimum atomic E-state index is -2.74. The van der Waals surface area contributed by atoms with Crippen LogP contribution >= 0.6 is 0 Å². The van der Waals surface area contributed by atoms with E-state index < -0.39 is 8.07 Å². The first-order valence-corrected chi connectivity index (χ1v) is 25.1. The van der Waals surface area contributed by atoms with Crippen LogP contribution in [-0.2, 0) is 0 Å². The van der Waals surface area contributed by atoms with Crippen LogP contribution in [-0.4, -0.2) is 12.6 Å². The molecule has 0 amide bonds. The molecule has 11 aromatic carbocycles. The van der Waals surface area contributed by atoms with Crippen LogP contribution in [0.5, 0.6) is 0 Å². The van der Waals surface area contributed by atoms with Gasteiger partial charge in [-0.2, -0.15) is 0 Å². The molecule has 0 aliphatic carbocycles. The first-order chi connectivity index (χ1) is 33.2. The van der Waals surface area contributed by atoms with E-state index in [4.69, 9.17) is 0 Å². The molecule has 1 heterocycles.